The zero-order chi connectivity index (χ0) is 42.5. The number of amides is 1. The number of H-pyrrole nitrogens is 2. The molecule has 310 valence electrons. The lowest BCUT2D eigenvalue weighted by molar-refractivity contribution is -0.114. The summed E-state index contributed by atoms with van der Waals surface area (Å²) in [6.07, 6.45) is 8.73. The van der Waals surface area contributed by atoms with E-state index in [9.17, 15) is 26.7 Å². The minimum atomic E-state index is -4.00. The van der Waals surface area contributed by atoms with Crippen LogP contribution in [-0.2, 0) is 35.7 Å². The number of aromatic nitrogens is 3. The number of nitrogens with one attached hydrogen (secondary N) is 4. The first-order valence-corrected chi connectivity index (χ1v) is 23.4. The van der Waals surface area contributed by atoms with Crippen LogP contribution in [0.25, 0.3) is 32.9 Å². The van der Waals surface area contributed by atoms with E-state index in [1.165, 1.54) is 6.07 Å². The van der Waals surface area contributed by atoms with E-state index in [1.54, 1.807) is 36.4 Å². The molecule has 0 saturated heterocycles. The third-order valence-corrected chi connectivity index (χ3v) is 13.7. The second kappa shape index (κ2) is 15.4. The van der Waals surface area contributed by atoms with Gasteiger partial charge in [-0.3, -0.25) is 13.8 Å². The summed E-state index contributed by atoms with van der Waals surface area (Å²) in [6.45, 7) is 9.60. The topological polar surface area (TPSA) is 190 Å². The number of aromatic amines is 2. The quantitative estimate of drug-likeness (QED) is 0.0633. The van der Waals surface area contributed by atoms with Crippen molar-refractivity contribution in [1.82, 2.24) is 15.0 Å². The molecule has 15 heteroatoms. The standard InChI is InChI=1S/C44H50N6O7S2/c1-8-43(9-2,32-24-45-41-30(32)14-12-16-34(41)49-58(6,53)54)28-18-20-38(51)35(22-28)48-40(52)26-50(59(7,55)56)37-17-13-15-31-33(25-46-42(31)37)44(10-3,11-4)29-19-21-39-36(23-29)47-27(5)57-39/h12-25,45-46,49,51H,8-11,26H2,1-7H3,(H,48,52). The van der Waals surface area contributed by atoms with Crippen LogP contribution in [0.15, 0.2) is 89.6 Å². The summed E-state index contributed by atoms with van der Waals surface area (Å²) in [5.41, 5.74) is 6.26. The molecule has 1 amide bonds. The van der Waals surface area contributed by atoms with E-state index in [4.69, 9.17) is 4.42 Å². The van der Waals surface area contributed by atoms with Crippen LogP contribution in [0.2, 0.25) is 0 Å². The molecule has 5 N–H and O–H groups in total. The number of hydrogen-bond acceptors (Lipinski definition) is 8. The second-order valence-corrected chi connectivity index (χ2v) is 18.9. The van der Waals surface area contributed by atoms with Gasteiger partial charge >= 0.3 is 0 Å². The Morgan fingerprint density at radius 1 is 0.780 bits per heavy atom. The number of anilines is 3. The average Bonchev–Trinajstić information content (AvgIpc) is 3.93. The number of hydrogen-bond donors (Lipinski definition) is 5. The van der Waals surface area contributed by atoms with Crippen molar-refractivity contribution in [2.75, 3.05) is 33.4 Å². The van der Waals surface area contributed by atoms with E-state index in [2.05, 4.69) is 51.0 Å². The lowest BCUT2D eigenvalue weighted by Gasteiger charge is -2.33. The van der Waals surface area contributed by atoms with Crippen LogP contribution in [0.3, 0.4) is 0 Å². The summed E-state index contributed by atoms with van der Waals surface area (Å²) < 4.78 is 60.7. The summed E-state index contributed by atoms with van der Waals surface area (Å²) in [5.74, 6) is -0.248. The normalized spacial score (nSPS) is 12.7. The molecule has 0 fully saturated rings. The van der Waals surface area contributed by atoms with Gasteiger partial charge in [-0.15, -0.1) is 0 Å². The van der Waals surface area contributed by atoms with Gasteiger partial charge in [-0.25, -0.2) is 21.8 Å². The van der Waals surface area contributed by atoms with Crippen molar-refractivity contribution in [2.45, 2.75) is 71.1 Å². The van der Waals surface area contributed by atoms with E-state index in [1.807, 2.05) is 51.4 Å². The van der Waals surface area contributed by atoms with Crippen LogP contribution in [0.5, 0.6) is 5.75 Å². The Labute approximate surface area is 344 Å². The molecule has 0 saturated carbocycles. The Bertz CT molecular complexity index is 2940. The molecule has 0 aliphatic heterocycles. The Balaban J connectivity index is 1.22. The van der Waals surface area contributed by atoms with Crippen molar-refractivity contribution in [3.05, 3.63) is 113 Å². The number of fused-ring (bicyclic) bond motifs is 3. The van der Waals surface area contributed by atoms with Crippen molar-refractivity contribution in [1.29, 1.82) is 0 Å². The Hall–Kier alpha value is -5.80. The predicted octanol–water partition coefficient (Wildman–Crippen LogP) is 8.79. The number of rotatable bonds is 15. The number of para-hydroxylation sites is 2. The van der Waals surface area contributed by atoms with Crippen LogP contribution in [0.1, 0.15) is 81.5 Å². The zero-order valence-corrected chi connectivity index (χ0v) is 35.9. The Kier molecular flexibility index (Phi) is 10.8. The minimum absolute atomic E-state index is 0.127. The molecule has 0 radical (unpaired) electrons. The fourth-order valence-electron chi connectivity index (χ4n) is 8.94. The number of phenols is 1. The van der Waals surface area contributed by atoms with Gasteiger partial charge in [0.15, 0.2) is 11.5 Å². The summed E-state index contributed by atoms with van der Waals surface area (Å²) >= 11 is 0. The van der Waals surface area contributed by atoms with Gasteiger partial charge in [-0.2, -0.15) is 0 Å². The lowest BCUT2D eigenvalue weighted by atomic mass is 9.70. The van der Waals surface area contributed by atoms with E-state index >= 15 is 0 Å². The predicted molar refractivity (Wildman–Crippen MR) is 235 cm³/mol. The molecular formula is C44H50N6O7S2. The largest absolute Gasteiger partial charge is 0.506 e. The number of carbonyl (C=O) groups is 1. The molecule has 4 aromatic carbocycles. The third kappa shape index (κ3) is 7.41. The Morgan fingerprint density at radius 3 is 1.97 bits per heavy atom. The maximum absolute atomic E-state index is 13.9. The molecular weight excluding hydrogens is 789 g/mol. The van der Waals surface area contributed by atoms with Crippen LogP contribution in [0.4, 0.5) is 17.1 Å². The van der Waals surface area contributed by atoms with E-state index < -0.39 is 43.3 Å². The van der Waals surface area contributed by atoms with Crippen LogP contribution < -0.4 is 14.3 Å². The monoisotopic (exact) mass is 838 g/mol. The number of oxazole rings is 1. The van der Waals surface area contributed by atoms with Gasteiger partial charge < -0.3 is 24.8 Å². The molecule has 0 atom stereocenters. The van der Waals surface area contributed by atoms with Crippen LogP contribution in [-0.4, -0.2) is 61.9 Å². The molecule has 0 aliphatic rings. The first-order valence-electron chi connectivity index (χ1n) is 19.7. The van der Waals surface area contributed by atoms with Gasteiger partial charge in [-0.05, 0) is 84.3 Å². The van der Waals surface area contributed by atoms with Crippen molar-refractivity contribution in [3.8, 4) is 5.75 Å². The summed E-state index contributed by atoms with van der Waals surface area (Å²) in [6, 6.07) is 21.9. The molecule has 59 heavy (non-hydrogen) atoms. The van der Waals surface area contributed by atoms with Gasteiger partial charge in [0.05, 0.1) is 40.6 Å². The fraction of sp³-hybridized carbons (Fsp3) is 0.318. The second-order valence-electron chi connectivity index (χ2n) is 15.3. The molecule has 3 heterocycles. The molecule has 0 bridgehead atoms. The number of nitrogens with zero attached hydrogens (tertiary/aromatic N) is 2. The number of aryl methyl sites for hydroxylation is 1. The molecule has 7 aromatic rings. The molecule has 0 unspecified atom stereocenters. The number of phenolic OH excluding ortho intramolecular Hbond substituents is 1. The van der Waals surface area contributed by atoms with E-state index in [-0.39, 0.29) is 11.4 Å². The van der Waals surface area contributed by atoms with Gasteiger partial charge in [0.2, 0.25) is 26.0 Å². The highest BCUT2D eigenvalue weighted by Crippen LogP contribution is 2.46. The minimum Gasteiger partial charge on any atom is -0.506 e. The molecule has 13 nitrogen and oxygen atoms in total. The highest BCUT2D eigenvalue weighted by molar-refractivity contribution is 7.92. The van der Waals surface area contributed by atoms with E-state index in [0.29, 0.717) is 46.7 Å². The highest BCUT2D eigenvalue weighted by Gasteiger charge is 2.36. The number of carbonyl (C=O) groups excluding carboxylic acids is 1. The smallest absolute Gasteiger partial charge is 0.245 e. The van der Waals surface area contributed by atoms with Crippen molar-refractivity contribution in [3.63, 3.8) is 0 Å². The lowest BCUT2D eigenvalue weighted by Crippen LogP contribution is -2.37. The number of benzene rings is 4. The maximum Gasteiger partial charge on any atom is 0.245 e. The van der Waals surface area contributed by atoms with E-state index in [0.717, 1.165) is 68.2 Å². The number of sulfonamides is 2. The highest BCUT2D eigenvalue weighted by atomic mass is 32.2. The van der Waals surface area contributed by atoms with Crippen molar-refractivity contribution < 1.29 is 31.2 Å². The third-order valence-electron chi connectivity index (χ3n) is 12.0. The van der Waals surface area contributed by atoms with Gasteiger partial charge in [0.25, 0.3) is 0 Å². The fourth-order valence-corrected chi connectivity index (χ4v) is 10.4. The molecule has 3 aromatic heterocycles. The average molecular weight is 839 g/mol. The molecule has 7 rings (SSSR count). The first-order chi connectivity index (χ1) is 28.0. The molecule has 0 spiro atoms. The summed E-state index contributed by atoms with van der Waals surface area (Å²) in [4.78, 5) is 25.1. The van der Waals surface area contributed by atoms with Crippen molar-refractivity contribution >= 4 is 75.9 Å². The SMILES string of the molecule is CCC(CC)(c1ccc(O)c(NC(=O)CN(c2cccc3c(C(CC)(CC)c4ccc5oc(C)nc5c4)c[nH]c23)S(C)(=O)=O)c1)c1c[nH]c2c(NS(C)(=O)=O)cccc12. The van der Waals surface area contributed by atoms with Gasteiger partial charge in [0.1, 0.15) is 17.8 Å². The van der Waals surface area contributed by atoms with Gasteiger partial charge in [0, 0.05) is 40.9 Å². The van der Waals surface area contributed by atoms with Crippen LogP contribution in [0, 0.1) is 6.92 Å². The molecule has 0 aliphatic carbocycles. The summed E-state index contributed by atoms with van der Waals surface area (Å²) in [7, 11) is -7.53. The first kappa shape index (κ1) is 41.4. The van der Waals surface area contributed by atoms with Crippen molar-refractivity contribution in [2.24, 2.45) is 0 Å². The maximum atomic E-state index is 13.9. The number of aromatic hydroxyl groups is 1. The zero-order valence-electron chi connectivity index (χ0n) is 34.2. The van der Waals surface area contributed by atoms with Gasteiger partial charge in [-0.1, -0.05) is 64.1 Å². The van der Waals surface area contributed by atoms with Crippen LogP contribution >= 0.6 is 0 Å². The Morgan fingerprint density at radius 2 is 1.36 bits per heavy atom. The summed E-state index contributed by atoms with van der Waals surface area (Å²) in [5, 5.41) is 15.5.